The molecule has 1 saturated carbocycles. The molecule has 1 aliphatic carbocycles. The Bertz CT molecular complexity index is 320. The molecule has 1 N–H and O–H groups in total. The minimum atomic E-state index is -0.566. The van der Waals surface area contributed by atoms with Gasteiger partial charge in [-0.1, -0.05) is 20.8 Å². The van der Waals surface area contributed by atoms with Crippen LogP contribution in [0, 0.1) is 16.7 Å². The predicted octanol–water partition coefficient (Wildman–Crippen LogP) is 3.39. The van der Waals surface area contributed by atoms with Crippen LogP contribution >= 0.6 is 0 Å². The fourth-order valence-electron chi connectivity index (χ4n) is 3.50. The van der Waals surface area contributed by atoms with E-state index in [9.17, 15) is 9.90 Å². The Morgan fingerprint density at radius 1 is 1.16 bits per heavy atom. The lowest BCUT2D eigenvalue weighted by molar-refractivity contribution is -0.153. The number of likely N-dealkylation sites (tertiary alicyclic amines) is 1. The van der Waals surface area contributed by atoms with Crippen molar-refractivity contribution >= 4 is 5.97 Å². The Balaban J connectivity index is 1.96. The smallest absolute Gasteiger partial charge is 0.310 e. The summed E-state index contributed by atoms with van der Waals surface area (Å²) in [6.45, 7) is 9.79. The summed E-state index contributed by atoms with van der Waals surface area (Å²) in [6, 6.07) is 0. The average molecular weight is 267 g/mol. The number of aliphatic carboxylic acids is 1. The molecule has 2 aliphatic rings. The van der Waals surface area contributed by atoms with Gasteiger partial charge in [0.05, 0.1) is 5.41 Å². The lowest BCUT2D eigenvalue weighted by Crippen LogP contribution is -2.48. The van der Waals surface area contributed by atoms with Crippen molar-refractivity contribution in [2.75, 3.05) is 19.6 Å². The maximum absolute atomic E-state index is 11.8. The second-order valence-corrected chi connectivity index (χ2v) is 7.71. The zero-order valence-corrected chi connectivity index (χ0v) is 12.7. The van der Waals surface area contributed by atoms with Gasteiger partial charge in [-0.05, 0) is 62.9 Å². The number of piperidine rings is 1. The summed E-state index contributed by atoms with van der Waals surface area (Å²) >= 11 is 0. The molecule has 0 bridgehead atoms. The van der Waals surface area contributed by atoms with Crippen LogP contribution in [0.25, 0.3) is 0 Å². The molecule has 1 aliphatic heterocycles. The molecule has 19 heavy (non-hydrogen) atoms. The molecule has 0 amide bonds. The van der Waals surface area contributed by atoms with Crippen LogP contribution in [0.4, 0.5) is 0 Å². The summed E-state index contributed by atoms with van der Waals surface area (Å²) in [6.07, 6.45) is 6.27. The third kappa shape index (κ3) is 3.50. The van der Waals surface area contributed by atoms with Gasteiger partial charge < -0.3 is 10.0 Å². The van der Waals surface area contributed by atoms with Crippen LogP contribution in [0.2, 0.25) is 0 Å². The lowest BCUT2D eigenvalue weighted by atomic mass is 9.70. The molecule has 0 aromatic carbocycles. The van der Waals surface area contributed by atoms with E-state index in [-0.39, 0.29) is 0 Å². The highest BCUT2D eigenvalue weighted by Gasteiger charge is 2.43. The Kier molecular flexibility index (Phi) is 4.24. The molecule has 110 valence electrons. The van der Waals surface area contributed by atoms with E-state index >= 15 is 0 Å². The van der Waals surface area contributed by atoms with Crippen LogP contribution < -0.4 is 0 Å². The van der Waals surface area contributed by atoms with Crippen molar-refractivity contribution in [2.45, 2.75) is 59.3 Å². The second kappa shape index (κ2) is 5.43. The molecule has 3 heteroatoms. The molecule has 0 radical (unpaired) electrons. The minimum absolute atomic E-state index is 0.438. The van der Waals surface area contributed by atoms with Crippen LogP contribution in [-0.4, -0.2) is 35.6 Å². The van der Waals surface area contributed by atoms with Gasteiger partial charge in [0.25, 0.3) is 0 Å². The fraction of sp³-hybridized carbons (Fsp3) is 0.938. The SMILES string of the molecule is CC1CCC(CN2CCC(C)(C)CC2)(C(=O)O)CC1. The largest absolute Gasteiger partial charge is 0.481 e. The highest BCUT2D eigenvalue weighted by Crippen LogP contribution is 2.41. The molecule has 1 heterocycles. The van der Waals surface area contributed by atoms with Gasteiger partial charge in [-0.2, -0.15) is 0 Å². The van der Waals surface area contributed by atoms with Crippen LogP contribution in [0.3, 0.4) is 0 Å². The van der Waals surface area contributed by atoms with Gasteiger partial charge in [0.1, 0.15) is 0 Å². The molecule has 0 spiro atoms. The van der Waals surface area contributed by atoms with Gasteiger partial charge in [-0.3, -0.25) is 4.79 Å². The van der Waals surface area contributed by atoms with E-state index in [1.165, 1.54) is 12.8 Å². The normalized spacial score (nSPS) is 36.1. The Morgan fingerprint density at radius 3 is 2.16 bits per heavy atom. The topological polar surface area (TPSA) is 40.5 Å². The molecular weight excluding hydrogens is 238 g/mol. The molecule has 0 aromatic heterocycles. The van der Waals surface area contributed by atoms with Gasteiger partial charge in [-0.25, -0.2) is 0 Å². The van der Waals surface area contributed by atoms with E-state index in [1.807, 2.05) is 0 Å². The predicted molar refractivity (Wildman–Crippen MR) is 77.2 cm³/mol. The number of nitrogens with zero attached hydrogens (tertiary/aromatic N) is 1. The van der Waals surface area contributed by atoms with Crippen molar-refractivity contribution in [3.63, 3.8) is 0 Å². The number of carboxylic acid groups (broad SMARTS) is 1. The average Bonchev–Trinajstić information content (AvgIpc) is 2.35. The van der Waals surface area contributed by atoms with E-state index in [0.717, 1.165) is 45.3 Å². The molecule has 2 fully saturated rings. The quantitative estimate of drug-likeness (QED) is 0.852. The van der Waals surface area contributed by atoms with Crippen LogP contribution in [0.1, 0.15) is 59.3 Å². The highest BCUT2D eigenvalue weighted by atomic mass is 16.4. The number of carbonyl (C=O) groups is 1. The maximum atomic E-state index is 11.8. The van der Waals surface area contributed by atoms with E-state index in [0.29, 0.717) is 11.3 Å². The first-order valence-electron chi connectivity index (χ1n) is 7.79. The standard InChI is InChI=1S/C16H29NO2/c1-13-4-6-16(7-5-13,14(18)19)12-17-10-8-15(2,3)9-11-17/h13H,4-12H2,1-3H3,(H,18,19). The summed E-state index contributed by atoms with van der Waals surface area (Å²) in [7, 11) is 0. The molecule has 0 aromatic rings. The molecular formula is C16H29NO2. The van der Waals surface area contributed by atoms with Gasteiger partial charge in [0, 0.05) is 6.54 Å². The minimum Gasteiger partial charge on any atom is -0.481 e. The summed E-state index contributed by atoms with van der Waals surface area (Å²) in [5.74, 6) is 0.136. The van der Waals surface area contributed by atoms with Gasteiger partial charge in [0.2, 0.25) is 0 Å². The summed E-state index contributed by atoms with van der Waals surface area (Å²) < 4.78 is 0. The first-order valence-corrected chi connectivity index (χ1v) is 7.79. The molecule has 0 unspecified atom stereocenters. The second-order valence-electron chi connectivity index (χ2n) is 7.71. The summed E-state index contributed by atoms with van der Waals surface area (Å²) in [5, 5.41) is 9.68. The lowest BCUT2D eigenvalue weighted by Gasteiger charge is -2.43. The Morgan fingerprint density at radius 2 is 1.68 bits per heavy atom. The number of hydrogen-bond donors (Lipinski definition) is 1. The summed E-state index contributed by atoms with van der Waals surface area (Å²) in [4.78, 5) is 14.2. The van der Waals surface area contributed by atoms with Crippen molar-refractivity contribution in [2.24, 2.45) is 16.7 Å². The zero-order chi connectivity index (χ0) is 14.1. The van der Waals surface area contributed by atoms with Crippen LogP contribution in [0.15, 0.2) is 0 Å². The number of carboxylic acids is 1. The maximum Gasteiger partial charge on any atom is 0.310 e. The number of rotatable bonds is 3. The van der Waals surface area contributed by atoms with E-state index in [1.54, 1.807) is 0 Å². The van der Waals surface area contributed by atoms with E-state index < -0.39 is 11.4 Å². The first-order chi connectivity index (χ1) is 8.83. The van der Waals surface area contributed by atoms with Crippen molar-refractivity contribution in [1.82, 2.24) is 4.90 Å². The monoisotopic (exact) mass is 267 g/mol. The van der Waals surface area contributed by atoms with Crippen molar-refractivity contribution < 1.29 is 9.90 Å². The zero-order valence-electron chi connectivity index (χ0n) is 12.7. The van der Waals surface area contributed by atoms with Crippen molar-refractivity contribution in [1.29, 1.82) is 0 Å². The van der Waals surface area contributed by atoms with E-state index in [2.05, 4.69) is 25.7 Å². The third-order valence-electron chi connectivity index (χ3n) is 5.42. The van der Waals surface area contributed by atoms with Gasteiger partial charge >= 0.3 is 5.97 Å². The fourth-order valence-corrected chi connectivity index (χ4v) is 3.50. The molecule has 1 saturated heterocycles. The Hall–Kier alpha value is -0.570. The van der Waals surface area contributed by atoms with Gasteiger partial charge in [-0.15, -0.1) is 0 Å². The van der Waals surface area contributed by atoms with Crippen molar-refractivity contribution in [3.05, 3.63) is 0 Å². The van der Waals surface area contributed by atoms with Gasteiger partial charge in [0.15, 0.2) is 0 Å². The number of hydrogen-bond acceptors (Lipinski definition) is 2. The Labute approximate surface area is 117 Å². The first kappa shape index (κ1) is 14.8. The third-order valence-corrected chi connectivity index (χ3v) is 5.42. The highest BCUT2D eigenvalue weighted by molar-refractivity contribution is 5.75. The molecule has 2 rings (SSSR count). The van der Waals surface area contributed by atoms with Crippen LogP contribution in [-0.2, 0) is 4.79 Å². The van der Waals surface area contributed by atoms with E-state index in [4.69, 9.17) is 0 Å². The summed E-state index contributed by atoms with van der Waals surface area (Å²) in [5.41, 5.74) is -0.0258. The van der Waals surface area contributed by atoms with Crippen molar-refractivity contribution in [3.8, 4) is 0 Å². The molecule has 3 nitrogen and oxygen atoms in total. The molecule has 0 atom stereocenters. The van der Waals surface area contributed by atoms with Crippen LogP contribution in [0.5, 0.6) is 0 Å².